The van der Waals surface area contributed by atoms with Gasteiger partial charge in [0.25, 0.3) is 0 Å². The molecule has 0 saturated carbocycles. The lowest BCUT2D eigenvalue weighted by atomic mass is 10.00. The Kier molecular flexibility index (Phi) is 5.67. The number of ether oxygens (including phenoxy) is 1. The molecule has 0 aromatic heterocycles. The minimum Gasteiger partial charge on any atom is -0.494 e. The Balaban J connectivity index is 1.87. The summed E-state index contributed by atoms with van der Waals surface area (Å²) in [6.07, 6.45) is 3.61. The first-order valence-corrected chi connectivity index (χ1v) is 7.42. The van der Waals surface area contributed by atoms with E-state index in [1.165, 1.54) is 31.5 Å². The van der Waals surface area contributed by atoms with E-state index in [0.29, 0.717) is 13.2 Å². The summed E-state index contributed by atoms with van der Waals surface area (Å²) >= 11 is 0. The van der Waals surface area contributed by atoms with Gasteiger partial charge >= 0.3 is 0 Å². The summed E-state index contributed by atoms with van der Waals surface area (Å²) in [7, 11) is 0. The molecule has 0 unspecified atom stereocenters. The first-order valence-electron chi connectivity index (χ1n) is 7.42. The van der Waals surface area contributed by atoms with Crippen LogP contribution >= 0.6 is 0 Å². The van der Waals surface area contributed by atoms with Gasteiger partial charge in [-0.25, -0.2) is 0 Å². The highest BCUT2D eigenvalue weighted by Crippen LogP contribution is 2.20. The van der Waals surface area contributed by atoms with Gasteiger partial charge in [0.2, 0.25) is 0 Å². The van der Waals surface area contributed by atoms with E-state index < -0.39 is 0 Å². The van der Waals surface area contributed by atoms with E-state index in [1.54, 1.807) is 0 Å². The maximum absolute atomic E-state index is 5.70. The molecule has 1 fully saturated rings. The number of nitrogens with two attached hydrogens (primary N) is 1. The van der Waals surface area contributed by atoms with Crippen molar-refractivity contribution in [3.05, 3.63) is 29.8 Å². The summed E-state index contributed by atoms with van der Waals surface area (Å²) in [5.74, 6) is 1.80. The zero-order valence-corrected chi connectivity index (χ0v) is 12.0. The van der Waals surface area contributed by atoms with Gasteiger partial charge in [-0.05, 0) is 56.0 Å². The first-order chi connectivity index (χ1) is 9.28. The van der Waals surface area contributed by atoms with Gasteiger partial charge in [0.1, 0.15) is 5.75 Å². The Labute approximate surface area is 116 Å². The molecule has 1 aliphatic heterocycles. The number of nitrogens with zero attached hydrogens (tertiary/aromatic N) is 1. The van der Waals surface area contributed by atoms with E-state index in [1.807, 2.05) is 6.07 Å². The molecule has 0 aliphatic carbocycles. The van der Waals surface area contributed by atoms with Crippen molar-refractivity contribution in [2.24, 2.45) is 11.7 Å². The number of hydrogen-bond acceptors (Lipinski definition) is 3. The Bertz CT molecular complexity index is 381. The number of piperidine rings is 1. The van der Waals surface area contributed by atoms with E-state index in [0.717, 1.165) is 24.6 Å². The highest BCUT2D eigenvalue weighted by Gasteiger charge is 2.16. The zero-order chi connectivity index (χ0) is 13.5. The van der Waals surface area contributed by atoms with Crippen molar-refractivity contribution in [1.82, 2.24) is 4.90 Å². The summed E-state index contributed by atoms with van der Waals surface area (Å²) in [6, 6.07) is 8.46. The Morgan fingerprint density at radius 2 is 2.32 bits per heavy atom. The fraction of sp³-hybridized carbons (Fsp3) is 0.625. The molecule has 0 radical (unpaired) electrons. The van der Waals surface area contributed by atoms with Gasteiger partial charge in [0, 0.05) is 13.1 Å². The Morgan fingerprint density at radius 3 is 3.11 bits per heavy atom. The third-order valence-electron chi connectivity index (χ3n) is 3.66. The second-order valence-electron chi connectivity index (χ2n) is 5.62. The fourth-order valence-electron chi connectivity index (χ4n) is 2.70. The normalized spacial score (nSPS) is 20.4. The van der Waals surface area contributed by atoms with Crippen molar-refractivity contribution >= 4 is 0 Å². The molecule has 1 atom stereocenters. The molecular formula is C16H26N2O. The second kappa shape index (κ2) is 7.51. The van der Waals surface area contributed by atoms with Gasteiger partial charge in [-0.15, -0.1) is 0 Å². The molecule has 19 heavy (non-hydrogen) atoms. The molecule has 1 heterocycles. The molecule has 1 saturated heterocycles. The molecule has 0 bridgehead atoms. The number of rotatable bonds is 6. The SMILES string of the molecule is C[C@H]1CCCN(Cc2cccc(OCCCN)c2)C1. The summed E-state index contributed by atoms with van der Waals surface area (Å²) in [6.45, 7) is 7.23. The minimum atomic E-state index is 0.686. The third-order valence-corrected chi connectivity index (χ3v) is 3.66. The molecule has 106 valence electrons. The molecule has 2 N–H and O–H groups in total. The number of likely N-dealkylation sites (tertiary alicyclic amines) is 1. The van der Waals surface area contributed by atoms with Crippen LogP contribution in [0.3, 0.4) is 0 Å². The smallest absolute Gasteiger partial charge is 0.119 e. The van der Waals surface area contributed by atoms with Crippen molar-refractivity contribution < 1.29 is 4.74 Å². The van der Waals surface area contributed by atoms with Crippen LogP contribution in [0.5, 0.6) is 5.75 Å². The predicted octanol–water partition coefficient (Wildman–Crippen LogP) is 2.65. The van der Waals surface area contributed by atoms with Crippen LogP contribution in [0.4, 0.5) is 0 Å². The van der Waals surface area contributed by atoms with Crippen molar-refractivity contribution in [1.29, 1.82) is 0 Å². The van der Waals surface area contributed by atoms with Crippen LogP contribution in [-0.2, 0) is 6.54 Å². The lowest BCUT2D eigenvalue weighted by molar-refractivity contribution is 0.176. The molecular weight excluding hydrogens is 236 g/mol. The predicted molar refractivity (Wildman–Crippen MR) is 79.3 cm³/mol. The topological polar surface area (TPSA) is 38.5 Å². The van der Waals surface area contributed by atoms with Crippen molar-refractivity contribution in [2.45, 2.75) is 32.7 Å². The summed E-state index contributed by atoms with van der Waals surface area (Å²) in [5.41, 5.74) is 6.82. The Morgan fingerprint density at radius 1 is 1.42 bits per heavy atom. The lowest BCUT2D eigenvalue weighted by Crippen LogP contribution is -2.33. The molecule has 1 aromatic rings. The van der Waals surface area contributed by atoms with Crippen LogP contribution in [-0.4, -0.2) is 31.1 Å². The van der Waals surface area contributed by atoms with Crippen LogP contribution in [0, 0.1) is 5.92 Å². The number of hydrogen-bond donors (Lipinski definition) is 1. The van der Waals surface area contributed by atoms with E-state index in [9.17, 15) is 0 Å². The summed E-state index contributed by atoms with van der Waals surface area (Å²) in [5, 5.41) is 0. The van der Waals surface area contributed by atoms with Gasteiger partial charge in [0.05, 0.1) is 6.61 Å². The van der Waals surface area contributed by atoms with Crippen LogP contribution in [0.1, 0.15) is 31.7 Å². The van der Waals surface area contributed by atoms with Crippen LogP contribution in [0.2, 0.25) is 0 Å². The minimum absolute atomic E-state index is 0.686. The monoisotopic (exact) mass is 262 g/mol. The number of benzene rings is 1. The maximum atomic E-state index is 5.70. The van der Waals surface area contributed by atoms with Gasteiger partial charge in [0.15, 0.2) is 0 Å². The van der Waals surface area contributed by atoms with E-state index >= 15 is 0 Å². The average molecular weight is 262 g/mol. The van der Waals surface area contributed by atoms with Gasteiger partial charge in [-0.2, -0.15) is 0 Å². The average Bonchev–Trinajstić information content (AvgIpc) is 2.39. The largest absolute Gasteiger partial charge is 0.494 e. The quantitative estimate of drug-likeness (QED) is 0.801. The first kappa shape index (κ1) is 14.4. The highest BCUT2D eigenvalue weighted by atomic mass is 16.5. The molecule has 0 amide bonds. The van der Waals surface area contributed by atoms with Crippen molar-refractivity contribution in [3.63, 3.8) is 0 Å². The summed E-state index contributed by atoms with van der Waals surface area (Å²) in [4.78, 5) is 2.55. The molecule has 1 aliphatic rings. The van der Waals surface area contributed by atoms with E-state index in [2.05, 4.69) is 30.0 Å². The second-order valence-corrected chi connectivity index (χ2v) is 5.62. The maximum Gasteiger partial charge on any atom is 0.119 e. The molecule has 3 nitrogen and oxygen atoms in total. The molecule has 3 heteroatoms. The third kappa shape index (κ3) is 4.84. The van der Waals surface area contributed by atoms with Gasteiger partial charge < -0.3 is 10.5 Å². The van der Waals surface area contributed by atoms with Crippen molar-refractivity contribution in [2.75, 3.05) is 26.2 Å². The lowest BCUT2D eigenvalue weighted by Gasteiger charge is -2.30. The zero-order valence-electron chi connectivity index (χ0n) is 12.0. The molecule has 1 aromatic carbocycles. The van der Waals surface area contributed by atoms with Gasteiger partial charge in [-0.3, -0.25) is 4.90 Å². The van der Waals surface area contributed by atoms with Gasteiger partial charge in [-0.1, -0.05) is 19.1 Å². The highest BCUT2D eigenvalue weighted by molar-refractivity contribution is 5.28. The van der Waals surface area contributed by atoms with Crippen LogP contribution < -0.4 is 10.5 Å². The fourth-order valence-corrected chi connectivity index (χ4v) is 2.70. The van der Waals surface area contributed by atoms with E-state index in [-0.39, 0.29) is 0 Å². The molecule has 0 spiro atoms. The van der Waals surface area contributed by atoms with E-state index in [4.69, 9.17) is 10.5 Å². The Hall–Kier alpha value is -1.06. The van der Waals surface area contributed by atoms with Crippen LogP contribution in [0.15, 0.2) is 24.3 Å². The van der Waals surface area contributed by atoms with Crippen LogP contribution in [0.25, 0.3) is 0 Å². The summed E-state index contributed by atoms with van der Waals surface area (Å²) < 4.78 is 5.70. The van der Waals surface area contributed by atoms with Crippen molar-refractivity contribution in [3.8, 4) is 5.75 Å². The standard InChI is InChI=1S/C16H26N2O/c1-14-5-3-9-18(12-14)13-15-6-2-7-16(11-15)19-10-4-8-17/h2,6-7,11,14H,3-5,8-10,12-13,17H2,1H3/t14-/m0/s1. The molecule has 2 rings (SSSR count).